The summed E-state index contributed by atoms with van der Waals surface area (Å²) in [5.41, 5.74) is 9.69. The van der Waals surface area contributed by atoms with E-state index in [1.54, 1.807) is 0 Å². The lowest BCUT2D eigenvalue weighted by Gasteiger charge is -2.28. The van der Waals surface area contributed by atoms with Crippen LogP contribution < -0.4 is 4.90 Å². The molecule has 0 fully saturated rings. The van der Waals surface area contributed by atoms with E-state index in [-0.39, 0.29) is 0 Å². The van der Waals surface area contributed by atoms with Crippen LogP contribution in [0.4, 0.5) is 17.1 Å². The molecule has 0 saturated carbocycles. The molecule has 0 saturated heterocycles. The molecule has 0 amide bonds. The lowest BCUT2D eigenvalue weighted by Crippen LogP contribution is -2.11. The number of nitrogens with zero attached hydrogens (tertiary/aromatic N) is 1. The van der Waals surface area contributed by atoms with E-state index in [1.165, 1.54) is 53.2 Å². The first-order valence-electron chi connectivity index (χ1n) is 16.6. The number of rotatable bonds is 5. The van der Waals surface area contributed by atoms with E-state index < -0.39 is 0 Å². The molecule has 2 heterocycles. The molecule has 0 N–H and O–H groups in total. The van der Waals surface area contributed by atoms with Gasteiger partial charge in [-0.3, -0.25) is 0 Å². The third-order valence-electron chi connectivity index (χ3n) is 9.67. The molecule has 0 radical (unpaired) electrons. The second-order valence-corrected chi connectivity index (χ2v) is 13.6. The van der Waals surface area contributed by atoms with E-state index in [4.69, 9.17) is 4.42 Å². The summed E-state index contributed by atoms with van der Waals surface area (Å²) in [6, 6.07) is 63.2. The number of hydrogen-bond acceptors (Lipinski definition) is 3. The molecule has 0 aliphatic rings. The number of thiophene rings is 1. The minimum atomic E-state index is 0.872. The van der Waals surface area contributed by atoms with Crippen LogP contribution in [0.3, 0.4) is 0 Å². The van der Waals surface area contributed by atoms with E-state index in [1.807, 2.05) is 17.4 Å². The molecule has 10 rings (SSSR count). The maximum absolute atomic E-state index is 6.66. The smallest absolute Gasteiger partial charge is 0.159 e. The molecule has 0 aliphatic heterocycles. The fraction of sp³-hybridized carbons (Fsp3) is 0. The molecular weight excluding hydrogens is 615 g/mol. The lowest BCUT2D eigenvalue weighted by molar-refractivity contribution is 0.669. The number of furan rings is 1. The molecule has 49 heavy (non-hydrogen) atoms. The summed E-state index contributed by atoms with van der Waals surface area (Å²) in [6.07, 6.45) is 0. The van der Waals surface area contributed by atoms with Gasteiger partial charge in [-0.25, -0.2) is 0 Å². The van der Waals surface area contributed by atoms with Gasteiger partial charge < -0.3 is 9.32 Å². The average Bonchev–Trinajstić information content (AvgIpc) is 3.75. The molecule has 0 unspecified atom stereocenters. The number of anilines is 3. The van der Waals surface area contributed by atoms with Gasteiger partial charge in [-0.2, -0.15) is 0 Å². The highest BCUT2D eigenvalue weighted by Crippen LogP contribution is 2.48. The van der Waals surface area contributed by atoms with Gasteiger partial charge in [-0.15, -0.1) is 11.3 Å². The molecule has 230 valence electrons. The monoisotopic (exact) mass is 643 g/mol. The molecule has 2 aromatic heterocycles. The van der Waals surface area contributed by atoms with Crippen LogP contribution in [0.5, 0.6) is 0 Å². The Bertz CT molecular complexity index is 2840. The van der Waals surface area contributed by atoms with Gasteiger partial charge in [-0.05, 0) is 76.0 Å². The first kappa shape index (κ1) is 27.9. The summed E-state index contributed by atoms with van der Waals surface area (Å²) < 4.78 is 9.25. The van der Waals surface area contributed by atoms with Crippen molar-refractivity contribution in [1.82, 2.24) is 0 Å². The second kappa shape index (κ2) is 11.2. The topological polar surface area (TPSA) is 16.4 Å². The van der Waals surface area contributed by atoms with Gasteiger partial charge in [0.25, 0.3) is 0 Å². The summed E-state index contributed by atoms with van der Waals surface area (Å²) >= 11 is 1.85. The zero-order valence-corrected chi connectivity index (χ0v) is 27.3. The average molecular weight is 644 g/mol. The van der Waals surface area contributed by atoms with Crippen LogP contribution in [-0.2, 0) is 0 Å². The number of para-hydroxylation sites is 3. The highest BCUT2D eigenvalue weighted by Gasteiger charge is 2.23. The van der Waals surface area contributed by atoms with Crippen molar-refractivity contribution in [3.8, 4) is 22.3 Å². The fourth-order valence-corrected chi connectivity index (χ4v) is 8.52. The molecule has 2 nitrogen and oxygen atoms in total. The van der Waals surface area contributed by atoms with Crippen molar-refractivity contribution in [3.05, 3.63) is 176 Å². The van der Waals surface area contributed by atoms with Gasteiger partial charge >= 0.3 is 0 Å². The van der Waals surface area contributed by atoms with Gasteiger partial charge in [0.1, 0.15) is 5.58 Å². The van der Waals surface area contributed by atoms with Gasteiger partial charge in [0.15, 0.2) is 5.58 Å². The van der Waals surface area contributed by atoms with Crippen molar-refractivity contribution in [3.63, 3.8) is 0 Å². The number of benzene rings is 8. The summed E-state index contributed by atoms with van der Waals surface area (Å²) in [4.78, 5) is 2.37. The Morgan fingerprint density at radius 3 is 2.00 bits per heavy atom. The van der Waals surface area contributed by atoms with Crippen LogP contribution in [0.2, 0.25) is 0 Å². The normalized spacial score (nSPS) is 11.7. The fourth-order valence-electron chi connectivity index (χ4n) is 7.38. The van der Waals surface area contributed by atoms with Crippen molar-refractivity contribution >= 4 is 81.3 Å². The predicted octanol–water partition coefficient (Wildman–Crippen LogP) is 13.9. The van der Waals surface area contributed by atoms with E-state index in [0.29, 0.717) is 0 Å². The maximum Gasteiger partial charge on any atom is 0.159 e. The minimum absolute atomic E-state index is 0.872. The Morgan fingerprint density at radius 1 is 0.429 bits per heavy atom. The second-order valence-electron chi connectivity index (χ2n) is 12.5. The van der Waals surface area contributed by atoms with Crippen molar-refractivity contribution in [2.24, 2.45) is 0 Å². The van der Waals surface area contributed by atoms with E-state index >= 15 is 0 Å². The van der Waals surface area contributed by atoms with Crippen LogP contribution in [0, 0.1) is 0 Å². The third-order valence-corrected chi connectivity index (χ3v) is 10.8. The Morgan fingerprint density at radius 2 is 1.08 bits per heavy atom. The van der Waals surface area contributed by atoms with Crippen molar-refractivity contribution in [1.29, 1.82) is 0 Å². The number of hydrogen-bond donors (Lipinski definition) is 0. The molecular formula is C46H29NOS. The summed E-state index contributed by atoms with van der Waals surface area (Å²) in [5.74, 6) is 0. The SMILES string of the molecule is c1ccc(N(c2ccc(-c3ccc4ccccc4c3)cc2)c2cccc3c2oc2ccccc23)c(-c2cccc3sc4ccccc4c23)c1. The van der Waals surface area contributed by atoms with Crippen LogP contribution >= 0.6 is 11.3 Å². The van der Waals surface area contributed by atoms with E-state index in [0.717, 1.165) is 39.0 Å². The van der Waals surface area contributed by atoms with Crippen molar-refractivity contribution in [2.75, 3.05) is 4.90 Å². The largest absolute Gasteiger partial charge is 0.454 e. The molecule has 10 aromatic rings. The number of fused-ring (bicyclic) bond motifs is 7. The van der Waals surface area contributed by atoms with Gasteiger partial charge in [0.2, 0.25) is 0 Å². The predicted molar refractivity (Wildman–Crippen MR) is 210 cm³/mol. The zero-order chi connectivity index (χ0) is 32.3. The van der Waals surface area contributed by atoms with Crippen LogP contribution in [-0.4, -0.2) is 0 Å². The van der Waals surface area contributed by atoms with Crippen LogP contribution in [0.1, 0.15) is 0 Å². The summed E-state index contributed by atoms with van der Waals surface area (Å²) in [5, 5.41) is 7.30. The zero-order valence-electron chi connectivity index (χ0n) is 26.5. The van der Waals surface area contributed by atoms with Crippen LogP contribution in [0.15, 0.2) is 180 Å². The van der Waals surface area contributed by atoms with Crippen molar-refractivity contribution < 1.29 is 4.42 Å². The quantitative estimate of drug-likeness (QED) is 0.186. The third kappa shape index (κ3) is 4.55. The summed E-state index contributed by atoms with van der Waals surface area (Å²) in [6.45, 7) is 0. The highest BCUT2D eigenvalue weighted by molar-refractivity contribution is 7.25. The molecule has 3 heteroatoms. The Labute approximate surface area is 287 Å². The van der Waals surface area contributed by atoms with E-state index in [2.05, 4.69) is 175 Å². The minimum Gasteiger partial charge on any atom is -0.454 e. The van der Waals surface area contributed by atoms with Gasteiger partial charge in [-0.1, -0.05) is 127 Å². The highest BCUT2D eigenvalue weighted by atomic mass is 32.1. The molecule has 0 spiro atoms. The molecule has 0 atom stereocenters. The Balaban J connectivity index is 1.21. The maximum atomic E-state index is 6.66. The van der Waals surface area contributed by atoms with E-state index in [9.17, 15) is 0 Å². The standard InChI is InChI=1S/C46H29NOS/c1-2-12-32-29-33(24-23-30(32)11-1)31-25-27-34(28-26-31)47(41-19-9-17-38-36-14-4-7-20-42(36)48-46(38)41)40-18-6-3-13-35(40)37-16-10-22-44-45(37)39-15-5-8-21-43(39)49-44/h1-29H. The molecule has 0 bridgehead atoms. The first-order chi connectivity index (χ1) is 24.3. The van der Waals surface area contributed by atoms with Crippen molar-refractivity contribution in [2.45, 2.75) is 0 Å². The Kier molecular flexibility index (Phi) is 6.39. The molecule has 8 aromatic carbocycles. The Hall–Kier alpha value is -6.16. The summed E-state index contributed by atoms with van der Waals surface area (Å²) in [7, 11) is 0. The first-order valence-corrected chi connectivity index (χ1v) is 17.4. The van der Waals surface area contributed by atoms with Gasteiger partial charge in [0, 0.05) is 42.2 Å². The lowest BCUT2D eigenvalue weighted by atomic mass is 9.96. The molecule has 0 aliphatic carbocycles. The van der Waals surface area contributed by atoms with Gasteiger partial charge in [0.05, 0.1) is 11.4 Å². The van der Waals surface area contributed by atoms with Crippen LogP contribution in [0.25, 0.3) is 75.1 Å².